The Labute approximate surface area is 216 Å². The van der Waals surface area contributed by atoms with Gasteiger partial charge in [0.2, 0.25) is 5.91 Å². The van der Waals surface area contributed by atoms with Gasteiger partial charge in [-0.05, 0) is 107 Å². The minimum Gasteiger partial charge on any atom is -0.337 e. The number of benzene rings is 1. The quantitative estimate of drug-likeness (QED) is 0.669. The van der Waals surface area contributed by atoms with E-state index in [1.807, 2.05) is 0 Å². The molecule has 3 amide bonds. The molecule has 4 aliphatic carbocycles. The maximum Gasteiger partial charge on any atom is 0.317 e. The van der Waals surface area contributed by atoms with Gasteiger partial charge in [0.05, 0.1) is 0 Å². The second-order valence-electron chi connectivity index (χ2n) is 13.0. The van der Waals surface area contributed by atoms with Gasteiger partial charge in [0, 0.05) is 44.1 Å². The molecule has 1 saturated heterocycles. The van der Waals surface area contributed by atoms with Gasteiger partial charge in [-0.1, -0.05) is 24.3 Å². The summed E-state index contributed by atoms with van der Waals surface area (Å²) in [5.41, 5.74) is 2.66. The monoisotopic (exact) mass is 492 g/mol. The first-order valence-corrected chi connectivity index (χ1v) is 14.5. The van der Waals surface area contributed by atoms with Crippen molar-refractivity contribution in [3.05, 3.63) is 35.4 Å². The molecule has 2 heterocycles. The predicted molar refractivity (Wildman–Crippen MR) is 141 cm³/mol. The Hall–Kier alpha value is -2.08. The highest BCUT2D eigenvalue weighted by Crippen LogP contribution is 2.53. The van der Waals surface area contributed by atoms with E-state index < -0.39 is 0 Å². The molecule has 36 heavy (non-hydrogen) atoms. The Balaban J connectivity index is 1.10. The first-order chi connectivity index (χ1) is 17.4. The predicted octanol–water partition coefficient (Wildman–Crippen LogP) is 4.24. The fraction of sp³-hybridized carbons (Fsp3) is 0.733. The van der Waals surface area contributed by atoms with Crippen molar-refractivity contribution in [3.63, 3.8) is 0 Å². The van der Waals surface area contributed by atoms with E-state index in [-0.39, 0.29) is 17.4 Å². The third-order valence-electron chi connectivity index (χ3n) is 10.3. The molecular formula is C30H44N4O2. The van der Waals surface area contributed by atoms with Gasteiger partial charge in [-0.25, -0.2) is 4.79 Å². The van der Waals surface area contributed by atoms with E-state index in [1.54, 1.807) is 0 Å². The topological polar surface area (TPSA) is 55.9 Å². The average Bonchev–Trinajstić information content (AvgIpc) is 2.86. The summed E-state index contributed by atoms with van der Waals surface area (Å²) in [7, 11) is 4.12. The van der Waals surface area contributed by atoms with E-state index in [4.69, 9.17) is 0 Å². The van der Waals surface area contributed by atoms with Crippen LogP contribution in [0.3, 0.4) is 0 Å². The fourth-order valence-electron chi connectivity index (χ4n) is 8.73. The summed E-state index contributed by atoms with van der Waals surface area (Å²) in [6, 6.07) is 9.26. The number of urea groups is 1. The van der Waals surface area contributed by atoms with Crippen molar-refractivity contribution in [2.75, 3.05) is 40.3 Å². The first kappa shape index (κ1) is 24.3. The average molecular weight is 493 g/mol. The van der Waals surface area contributed by atoms with Crippen LogP contribution in [-0.2, 0) is 16.8 Å². The van der Waals surface area contributed by atoms with Crippen LogP contribution in [-0.4, -0.2) is 73.0 Å². The van der Waals surface area contributed by atoms with E-state index in [0.29, 0.717) is 24.3 Å². The number of nitrogens with one attached hydrogen (secondary N) is 1. The van der Waals surface area contributed by atoms with E-state index in [1.165, 1.54) is 43.2 Å². The van der Waals surface area contributed by atoms with E-state index in [9.17, 15) is 9.59 Å². The zero-order chi connectivity index (χ0) is 24.9. The van der Waals surface area contributed by atoms with Gasteiger partial charge >= 0.3 is 6.03 Å². The molecule has 0 radical (unpaired) electrons. The van der Waals surface area contributed by atoms with Crippen molar-refractivity contribution < 1.29 is 9.59 Å². The number of nitrogens with zero attached hydrogens (tertiary/aromatic N) is 3. The molecule has 0 atom stereocenters. The summed E-state index contributed by atoms with van der Waals surface area (Å²) >= 11 is 0. The second kappa shape index (κ2) is 9.66. The van der Waals surface area contributed by atoms with E-state index in [0.717, 1.165) is 63.8 Å². The summed E-state index contributed by atoms with van der Waals surface area (Å²) in [4.78, 5) is 32.9. The number of likely N-dealkylation sites (tertiary alicyclic amines) is 1. The number of hydrogen-bond acceptors (Lipinski definition) is 3. The lowest BCUT2D eigenvalue weighted by Crippen LogP contribution is -2.60. The Bertz CT molecular complexity index is 955. The normalized spacial score (nSPS) is 32.1. The Kier molecular flexibility index (Phi) is 6.51. The zero-order valence-corrected chi connectivity index (χ0v) is 22.3. The summed E-state index contributed by atoms with van der Waals surface area (Å²) in [6.45, 7) is 3.99. The molecule has 0 aromatic heterocycles. The third kappa shape index (κ3) is 4.55. The summed E-state index contributed by atoms with van der Waals surface area (Å²) in [5.74, 6) is 3.54. The van der Waals surface area contributed by atoms with E-state index >= 15 is 0 Å². The Morgan fingerprint density at radius 3 is 2.31 bits per heavy atom. The van der Waals surface area contributed by atoms with Crippen molar-refractivity contribution in [1.29, 1.82) is 0 Å². The number of carbonyl (C=O) groups excluding carboxylic acids is 2. The number of fused-ring (bicyclic) bond motifs is 2. The molecule has 1 N–H and O–H groups in total. The molecule has 5 fully saturated rings. The van der Waals surface area contributed by atoms with Crippen LogP contribution in [0.4, 0.5) is 4.79 Å². The van der Waals surface area contributed by atoms with Crippen LogP contribution < -0.4 is 5.32 Å². The largest absolute Gasteiger partial charge is 0.337 e. The van der Waals surface area contributed by atoms with Gasteiger partial charge in [0.25, 0.3) is 0 Å². The summed E-state index contributed by atoms with van der Waals surface area (Å²) in [5, 5.41) is 3.52. The Morgan fingerprint density at radius 1 is 0.972 bits per heavy atom. The van der Waals surface area contributed by atoms with Crippen LogP contribution in [0.25, 0.3) is 0 Å². The standard InChI is InChI=1S/C30H44N4O2/c1-32(2)11-5-8-27(35)34-19-23-6-3-4-7-26(23)30(20-34)9-12-33(13-10-30)29(36)31-28-24-15-21-14-22(17-24)18-25(28)16-21/h3-4,6-7,21-22,24-25,28H,5,8-20H2,1-2H3,(H,31,36). The highest BCUT2D eigenvalue weighted by molar-refractivity contribution is 5.77. The Morgan fingerprint density at radius 2 is 1.64 bits per heavy atom. The molecular weight excluding hydrogens is 448 g/mol. The number of carbonyl (C=O) groups is 2. The molecule has 2 aliphatic heterocycles. The van der Waals surface area contributed by atoms with Crippen molar-refractivity contribution >= 4 is 11.9 Å². The van der Waals surface area contributed by atoms with Gasteiger partial charge in [-0.2, -0.15) is 0 Å². The van der Waals surface area contributed by atoms with Gasteiger partial charge in [0.1, 0.15) is 0 Å². The van der Waals surface area contributed by atoms with Gasteiger partial charge < -0.3 is 20.0 Å². The maximum atomic E-state index is 13.4. The lowest BCUT2D eigenvalue weighted by atomic mass is 9.54. The smallest absolute Gasteiger partial charge is 0.317 e. The van der Waals surface area contributed by atoms with Crippen molar-refractivity contribution in [2.24, 2.45) is 23.7 Å². The second-order valence-corrected chi connectivity index (χ2v) is 13.0. The highest BCUT2D eigenvalue weighted by atomic mass is 16.2. The molecule has 1 spiro atoms. The van der Waals surface area contributed by atoms with Gasteiger partial charge in [-0.15, -0.1) is 0 Å². The van der Waals surface area contributed by atoms with Crippen LogP contribution >= 0.6 is 0 Å². The van der Waals surface area contributed by atoms with Crippen LogP contribution in [0.5, 0.6) is 0 Å². The molecule has 6 nitrogen and oxygen atoms in total. The number of rotatable bonds is 5. The number of hydrogen-bond donors (Lipinski definition) is 1. The van der Waals surface area contributed by atoms with Crippen molar-refractivity contribution in [2.45, 2.75) is 75.8 Å². The highest BCUT2D eigenvalue weighted by Gasteiger charge is 2.49. The molecule has 4 bridgehead atoms. The zero-order valence-electron chi connectivity index (χ0n) is 22.3. The minimum absolute atomic E-state index is 0.0363. The fourth-order valence-corrected chi connectivity index (χ4v) is 8.73. The summed E-state index contributed by atoms with van der Waals surface area (Å²) < 4.78 is 0. The summed E-state index contributed by atoms with van der Waals surface area (Å²) in [6.07, 6.45) is 10.1. The number of amides is 3. The third-order valence-corrected chi connectivity index (χ3v) is 10.3. The molecule has 1 aromatic carbocycles. The molecule has 0 unspecified atom stereocenters. The molecule has 7 rings (SSSR count). The lowest BCUT2D eigenvalue weighted by molar-refractivity contribution is -0.133. The molecule has 6 aliphatic rings. The maximum absolute atomic E-state index is 13.4. The van der Waals surface area contributed by atoms with E-state index in [2.05, 4.69) is 58.4 Å². The molecule has 6 heteroatoms. The van der Waals surface area contributed by atoms with Crippen LogP contribution in [0, 0.1) is 23.7 Å². The minimum atomic E-state index is -0.0363. The van der Waals surface area contributed by atoms with Crippen LogP contribution in [0.2, 0.25) is 0 Å². The number of piperidine rings is 1. The van der Waals surface area contributed by atoms with Gasteiger partial charge in [-0.3, -0.25) is 4.79 Å². The van der Waals surface area contributed by atoms with Crippen LogP contribution in [0.1, 0.15) is 68.9 Å². The lowest BCUT2D eigenvalue weighted by Gasteiger charge is -2.55. The molecule has 1 aromatic rings. The van der Waals surface area contributed by atoms with Crippen molar-refractivity contribution in [1.82, 2.24) is 20.0 Å². The molecule has 4 saturated carbocycles. The molecule has 196 valence electrons. The van der Waals surface area contributed by atoms with Gasteiger partial charge in [0.15, 0.2) is 0 Å². The first-order valence-electron chi connectivity index (χ1n) is 14.5. The van der Waals surface area contributed by atoms with Crippen LogP contribution in [0.15, 0.2) is 24.3 Å². The SMILES string of the molecule is CN(C)CCCC(=O)N1Cc2ccccc2C2(CCN(C(=O)NC3C4CC5CC(C4)CC3C5)CC2)C1. The van der Waals surface area contributed by atoms with Crippen molar-refractivity contribution in [3.8, 4) is 0 Å².